The van der Waals surface area contributed by atoms with Crippen molar-refractivity contribution in [3.8, 4) is 17.1 Å². The smallest absolute Gasteiger partial charge is 0.264 e. The monoisotopic (exact) mass is 458 g/mol. The summed E-state index contributed by atoms with van der Waals surface area (Å²) in [6.45, 7) is 2.22. The van der Waals surface area contributed by atoms with Crippen LogP contribution in [0.25, 0.3) is 11.3 Å². The van der Waals surface area contributed by atoms with Crippen molar-refractivity contribution < 1.29 is 13.9 Å². The number of hydrogen-bond donors (Lipinski definition) is 2. The van der Waals surface area contributed by atoms with E-state index in [4.69, 9.17) is 21.4 Å². The van der Waals surface area contributed by atoms with Crippen LogP contribution in [0.3, 0.4) is 0 Å². The topological polar surface area (TPSA) is 63.5 Å². The Morgan fingerprint density at radius 3 is 2.68 bits per heavy atom. The van der Waals surface area contributed by atoms with E-state index in [1.807, 2.05) is 61.5 Å². The summed E-state index contributed by atoms with van der Waals surface area (Å²) in [4.78, 5) is 11.9. The molecule has 1 amide bonds. The Hall–Kier alpha value is -2.64. The van der Waals surface area contributed by atoms with E-state index in [0.717, 1.165) is 21.4 Å². The second-order valence-corrected chi connectivity index (χ2v) is 7.43. The first kappa shape index (κ1) is 20.1. The highest BCUT2D eigenvalue weighted by Crippen LogP contribution is 2.23. The van der Waals surface area contributed by atoms with Crippen LogP contribution in [0.4, 0.5) is 0 Å². The van der Waals surface area contributed by atoms with Gasteiger partial charge in [-0.05, 0) is 61.1 Å². The van der Waals surface area contributed by atoms with Crippen molar-refractivity contribution in [1.29, 1.82) is 0 Å². The van der Waals surface area contributed by atoms with Crippen LogP contribution < -0.4 is 15.4 Å². The molecule has 7 heteroatoms. The lowest BCUT2D eigenvalue weighted by molar-refractivity contribution is -0.121. The molecular weight excluding hydrogens is 440 g/mol. The summed E-state index contributed by atoms with van der Waals surface area (Å²) in [5, 5.41) is 5.76. The third-order valence-electron chi connectivity index (χ3n) is 3.83. The van der Waals surface area contributed by atoms with E-state index in [0.29, 0.717) is 18.1 Å². The molecular formula is C21H19BrN2O3S. The predicted molar refractivity (Wildman–Crippen MR) is 116 cm³/mol. The first-order valence-electron chi connectivity index (χ1n) is 8.61. The van der Waals surface area contributed by atoms with Gasteiger partial charge in [0.25, 0.3) is 5.91 Å². The van der Waals surface area contributed by atoms with Gasteiger partial charge >= 0.3 is 0 Å². The second-order valence-electron chi connectivity index (χ2n) is 6.11. The Bertz CT molecular complexity index is 970. The minimum atomic E-state index is -0.325. The zero-order chi connectivity index (χ0) is 19.9. The summed E-state index contributed by atoms with van der Waals surface area (Å²) >= 11 is 8.56. The molecule has 0 fully saturated rings. The van der Waals surface area contributed by atoms with Crippen LogP contribution >= 0.6 is 28.1 Å². The van der Waals surface area contributed by atoms with Gasteiger partial charge in [-0.25, -0.2) is 0 Å². The van der Waals surface area contributed by atoms with E-state index >= 15 is 0 Å². The lowest BCUT2D eigenvalue weighted by atomic mass is 10.2. The van der Waals surface area contributed by atoms with Crippen LogP contribution in [0.15, 0.2) is 69.6 Å². The lowest BCUT2D eigenvalue weighted by Crippen LogP contribution is -2.41. The Morgan fingerprint density at radius 2 is 1.93 bits per heavy atom. The van der Waals surface area contributed by atoms with Crippen LogP contribution in [-0.4, -0.2) is 17.6 Å². The third kappa shape index (κ3) is 5.94. The van der Waals surface area contributed by atoms with Gasteiger partial charge in [0.05, 0.1) is 6.54 Å². The van der Waals surface area contributed by atoms with Gasteiger partial charge in [0.15, 0.2) is 11.7 Å². The summed E-state index contributed by atoms with van der Waals surface area (Å²) in [5.74, 6) is 1.80. The molecule has 0 saturated heterocycles. The molecule has 2 N–H and O–H groups in total. The van der Waals surface area contributed by atoms with Crippen LogP contribution in [0, 0.1) is 6.92 Å². The van der Waals surface area contributed by atoms with Crippen molar-refractivity contribution >= 4 is 39.2 Å². The van der Waals surface area contributed by atoms with E-state index in [2.05, 4.69) is 26.6 Å². The molecule has 5 nitrogen and oxygen atoms in total. The standard InChI is InChI=1S/C21H19BrN2O3S/c1-14-3-2-4-17(11-14)26-13-20(25)24-21(28)23-12-18-9-10-19(27-18)15-5-7-16(22)8-6-15/h2-11H,12-13H2,1H3,(H2,23,24,25,28). The Balaban J connectivity index is 1.44. The maximum atomic E-state index is 11.9. The molecule has 0 radical (unpaired) electrons. The summed E-state index contributed by atoms with van der Waals surface area (Å²) in [7, 11) is 0. The number of aryl methyl sites for hydroxylation is 1. The number of benzene rings is 2. The zero-order valence-corrected chi connectivity index (χ0v) is 17.6. The van der Waals surface area contributed by atoms with Crippen molar-refractivity contribution in [3.05, 3.63) is 76.5 Å². The van der Waals surface area contributed by atoms with E-state index < -0.39 is 0 Å². The molecule has 0 unspecified atom stereocenters. The molecule has 3 rings (SSSR count). The number of thiocarbonyl (C=S) groups is 1. The van der Waals surface area contributed by atoms with Crippen molar-refractivity contribution in [2.24, 2.45) is 0 Å². The lowest BCUT2D eigenvalue weighted by Gasteiger charge is -2.10. The number of amides is 1. The number of hydrogen-bond acceptors (Lipinski definition) is 4. The van der Waals surface area contributed by atoms with Gasteiger partial charge in [-0.15, -0.1) is 0 Å². The van der Waals surface area contributed by atoms with Crippen molar-refractivity contribution in [2.75, 3.05) is 6.61 Å². The van der Waals surface area contributed by atoms with Gasteiger partial charge in [0.1, 0.15) is 17.3 Å². The average molecular weight is 459 g/mol. The highest BCUT2D eigenvalue weighted by atomic mass is 79.9. The summed E-state index contributed by atoms with van der Waals surface area (Å²) < 4.78 is 12.3. The van der Waals surface area contributed by atoms with Gasteiger partial charge in [0.2, 0.25) is 0 Å². The summed E-state index contributed by atoms with van der Waals surface area (Å²) in [6.07, 6.45) is 0. The fraction of sp³-hybridized carbons (Fsp3) is 0.143. The molecule has 144 valence electrons. The molecule has 2 aromatic carbocycles. The van der Waals surface area contributed by atoms with E-state index in [1.54, 1.807) is 6.07 Å². The zero-order valence-electron chi connectivity index (χ0n) is 15.2. The summed E-state index contributed by atoms with van der Waals surface area (Å²) in [5.41, 5.74) is 2.05. The fourth-order valence-electron chi connectivity index (χ4n) is 2.47. The number of halogens is 1. The molecule has 0 atom stereocenters. The highest BCUT2D eigenvalue weighted by molar-refractivity contribution is 9.10. The van der Waals surface area contributed by atoms with Crippen molar-refractivity contribution in [3.63, 3.8) is 0 Å². The van der Waals surface area contributed by atoms with Gasteiger partial charge in [-0.3, -0.25) is 4.79 Å². The highest BCUT2D eigenvalue weighted by Gasteiger charge is 2.08. The maximum absolute atomic E-state index is 11.9. The van der Waals surface area contributed by atoms with Crippen molar-refractivity contribution in [2.45, 2.75) is 13.5 Å². The molecule has 0 saturated carbocycles. The Labute approximate surface area is 177 Å². The number of rotatable bonds is 6. The molecule has 0 spiro atoms. The second kappa shape index (κ2) is 9.52. The van der Waals surface area contributed by atoms with Gasteiger partial charge in [0, 0.05) is 10.0 Å². The first-order valence-corrected chi connectivity index (χ1v) is 9.81. The molecule has 1 aromatic heterocycles. The van der Waals surface area contributed by atoms with Crippen LogP contribution in [-0.2, 0) is 11.3 Å². The number of ether oxygens (including phenoxy) is 1. The predicted octanol–water partition coefficient (Wildman–Crippen LogP) is 4.59. The molecule has 0 bridgehead atoms. The van der Waals surface area contributed by atoms with Gasteiger partial charge in [-0.1, -0.05) is 40.2 Å². The minimum absolute atomic E-state index is 0.111. The number of carbonyl (C=O) groups excluding carboxylic acids is 1. The SMILES string of the molecule is Cc1cccc(OCC(=O)NC(=S)NCc2ccc(-c3ccc(Br)cc3)o2)c1. The van der Waals surface area contributed by atoms with E-state index in [1.165, 1.54) is 0 Å². The normalized spacial score (nSPS) is 10.4. The fourth-order valence-corrected chi connectivity index (χ4v) is 2.92. The minimum Gasteiger partial charge on any atom is -0.484 e. The van der Waals surface area contributed by atoms with E-state index in [-0.39, 0.29) is 17.6 Å². The summed E-state index contributed by atoms with van der Waals surface area (Å²) in [6, 6.07) is 19.1. The van der Waals surface area contributed by atoms with E-state index in [9.17, 15) is 4.79 Å². The van der Waals surface area contributed by atoms with Crippen LogP contribution in [0.5, 0.6) is 5.75 Å². The molecule has 28 heavy (non-hydrogen) atoms. The Kier molecular flexibility index (Phi) is 6.84. The molecule has 1 heterocycles. The quantitative estimate of drug-likeness (QED) is 0.529. The van der Waals surface area contributed by atoms with Gasteiger partial charge in [-0.2, -0.15) is 0 Å². The van der Waals surface area contributed by atoms with Gasteiger partial charge < -0.3 is 19.8 Å². The maximum Gasteiger partial charge on any atom is 0.264 e. The first-order chi connectivity index (χ1) is 13.5. The molecule has 0 aliphatic carbocycles. The molecule has 0 aliphatic heterocycles. The third-order valence-corrected chi connectivity index (χ3v) is 4.60. The van der Waals surface area contributed by atoms with Crippen LogP contribution in [0.1, 0.15) is 11.3 Å². The number of furan rings is 1. The average Bonchev–Trinajstić information content (AvgIpc) is 3.14. The Morgan fingerprint density at radius 1 is 1.14 bits per heavy atom. The van der Waals surface area contributed by atoms with Crippen LogP contribution in [0.2, 0.25) is 0 Å². The number of nitrogens with one attached hydrogen (secondary N) is 2. The van der Waals surface area contributed by atoms with Crippen molar-refractivity contribution in [1.82, 2.24) is 10.6 Å². The number of carbonyl (C=O) groups is 1. The molecule has 3 aromatic rings. The molecule has 0 aliphatic rings. The largest absolute Gasteiger partial charge is 0.484 e.